The average Bonchev–Trinajstić information content (AvgIpc) is 3.49. The maximum Gasteiger partial charge on any atom is 0.336 e. The molecule has 42 heavy (non-hydrogen) atoms. The summed E-state index contributed by atoms with van der Waals surface area (Å²) in [4.78, 5) is 41.2. The Balaban J connectivity index is 1.35. The Hall–Kier alpha value is -4.91. The van der Waals surface area contributed by atoms with Gasteiger partial charge in [-0.1, -0.05) is 91.0 Å². The van der Waals surface area contributed by atoms with Gasteiger partial charge in [0.2, 0.25) is 5.91 Å². The Kier molecular flexibility index (Phi) is 8.97. The van der Waals surface area contributed by atoms with Gasteiger partial charge in [-0.25, -0.2) is 4.79 Å². The van der Waals surface area contributed by atoms with Gasteiger partial charge in [-0.2, -0.15) is 0 Å². The van der Waals surface area contributed by atoms with Crippen LogP contribution >= 0.6 is 0 Å². The molecule has 0 spiro atoms. The Bertz CT molecular complexity index is 1560. The largest absolute Gasteiger partial charge is 0.463 e. The van der Waals surface area contributed by atoms with E-state index in [0.717, 1.165) is 16.7 Å². The van der Waals surface area contributed by atoms with E-state index in [-0.39, 0.29) is 43.2 Å². The smallest absolute Gasteiger partial charge is 0.336 e. The summed E-state index contributed by atoms with van der Waals surface area (Å²) in [6, 6.07) is 32.4. The van der Waals surface area contributed by atoms with Crippen molar-refractivity contribution in [2.24, 2.45) is 0 Å². The second-order valence-electron chi connectivity index (χ2n) is 10.3. The van der Waals surface area contributed by atoms with E-state index in [1.54, 1.807) is 26.0 Å². The molecule has 5 rings (SSSR count). The lowest BCUT2D eigenvalue weighted by Gasteiger charge is -2.34. The van der Waals surface area contributed by atoms with Gasteiger partial charge in [0.05, 0.1) is 24.8 Å². The number of allylic oxidation sites excluding steroid dienone is 1. The Morgan fingerprint density at radius 3 is 2.24 bits per heavy atom. The molecule has 2 amide bonds. The van der Waals surface area contributed by atoms with Crippen LogP contribution in [0.5, 0.6) is 0 Å². The van der Waals surface area contributed by atoms with E-state index < -0.39 is 11.9 Å². The number of carbonyl (C=O) groups is 3. The monoisotopic (exact) mass is 562 g/mol. The van der Waals surface area contributed by atoms with Crippen LogP contribution in [0.1, 0.15) is 65.2 Å². The zero-order chi connectivity index (χ0) is 29.5. The number of amides is 2. The van der Waals surface area contributed by atoms with Crippen LogP contribution in [-0.2, 0) is 27.3 Å². The fourth-order valence-electron chi connectivity index (χ4n) is 5.40. The van der Waals surface area contributed by atoms with Gasteiger partial charge in [0.15, 0.2) is 5.76 Å². The van der Waals surface area contributed by atoms with Crippen LogP contribution < -0.4 is 5.32 Å². The average molecular weight is 563 g/mol. The molecule has 2 heterocycles. The van der Waals surface area contributed by atoms with Gasteiger partial charge in [0.25, 0.3) is 5.91 Å². The zero-order valence-corrected chi connectivity index (χ0v) is 23.8. The molecule has 7 heteroatoms. The van der Waals surface area contributed by atoms with Crippen molar-refractivity contribution in [3.8, 4) is 0 Å². The number of ether oxygens (including phenoxy) is 1. The van der Waals surface area contributed by atoms with Gasteiger partial charge >= 0.3 is 5.97 Å². The van der Waals surface area contributed by atoms with E-state index >= 15 is 0 Å². The molecule has 0 saturated carbocycles. The van der Waals surface area contributed by atoms with Gasteiger partial charge in [0.1, 0.15) is 5.76 Å². The minimum Gasteiger partial charge on any atom is -0.463 e. The van der Waals surface area contributed by atoms with Crippen LogP contribution in [-0.4, -0.2) is 29.3 Å². The van der Waals surface area contributed by atoms with Crippen molar-refractivity contribution >= 4 is 17.8 Å². The minimum atomic E-state index is -0.439. The summed E-state index contributed by atoms with van der Waals surface area (Å²) in [5, 5.41) is 3.11. The Morgan fingerprint density at radius 1 is 0.929 bits per heavy atom. The molecule has 1 aromatic heterocycles. The van der Waals surface area contributed by atoms with Crippen molar-refractivity contribution in [3.05, 3.63) is 143 Å². The zero-order valence-electron chi connectivity index (χ0n) is 23.8. The molecule has 214 valence electrons. The second-order valence-corrected chi connectivity index (χ2v) is 10.3. The third-order valence-corrected chi connectivity index (χ3v) is 7.51. The predicted molar refractivity (Wildman–Crippen MR) is 159 cm³/mol. The highest BCUT2D eigenvalue weighted by Gasteiger charge is 2.37. The summed E-state index contributed by atoms with van der Waals surface area (Å²) >= 11 is 0. The highest BCUT2D eigenvalue weighted by atomic mass is 16.5. The first-order chi connectivity index (χ1) is 20.4. The lowest BCUT2D eigenvalue weighted by Crippen LogP contribution is -2.38. The number of nitrogens with one attached hydrogen (secondary N) is 1. The summed E-state index contributed by atoms with van der Waals surface area (Å²) in [7, 11) is 0. The number of esters is 1. The quantitative estimate of drug-likeness (QED) is 0.228. The molecular formula is C35H34N2O5. The Labute approximate surface area is 245 Å². The van der Waals surface area contributed by atoms with Crippen molar-refractivity contribution < 1.29 is 23.5 Å². The standard InChI is InChI=1S/C35H34N2O5/c1-3-41-35(40)33-24(2)37(32(38)22-29(33)26-15-9-5-10-16-26)23-28-19-20-31(42-28)34(39)36-30(27-17-11-6-12-18-27)21-25-13-7-4-8-14-25/h4-20,29-30H,3,21-23H2,1-2H3,(H,36,39). The van der Waals surface area contributed by atoms with Crippen molar-refractivity contribution in [3.63, 3.8) is 0 Å². The third kappa shape index (κ3) is 6.52. The summed E-state index contributed by atoms with van der Waals surface area (Å²) < 4.78 is 11.3. The highest BCUT2D eigenvalue weighted by molar-refractivity contribution is 5.96. The van der Waals surface area contributed by atoms with Gasteiger partial charge in [-0.3, -0.25) is 9.59 Å². The van der Waals surface area contributed by atoms with Gasteiger partial charge in [-0.05, 0) is 49.1 Å². The molecule has 0 bridgehead atoms. The van der Waals surface area contributed by atoms with Crippen molar-refractivity contribution in [2.45, 2.75) is 45.2 Å². The normalized spacial score (nSPS) is 15.8. The lowest BCUT2D eigenvalue weighted by atomic mass is 9.83. The van der Waals surface area contributed by atoms with Crippen LogP contribution in [0.2, 0.25) is 0 Å². The van der Waals surface area contributed by atoms with E-state index in [1.165, 1.54) is 4.90 Å². The number of furan rings is 1. The molecule has 1 aliphatic heterocycles. The fraction of sp³-hybridized carbons (Fsp3) is 0.229. The number of nitrogens with zero attached hydrogens (tertiary/aromatic N) is 1. The summed E-state index contributed by atoms with van der Waals surface area (Å²) in [6.07, 6.45) is 0.747. The molecule has 7 nitrogen and oxygen atoms in total. The van der Waals surface area contributed by atoms with Crippen molar-refractivity contribution in [2.75, 3.05) is 6.61 Å². The number of rotatable bonds is 10. The molecular weight excluding hydrogens is 528 g/mol. The van der Waals surface area contributed by atoms with E-state index in [0.29, 0.717) is 23.5 Å². The van der Waals surface area contributed by atoms with E-state index in [9.17, 15) is 14.4 Å². The molecule has 0 radical (unpaired) electrons. The van der Waals surface area contributed by atoms with Gasteiger partial charge in [-0.15, -0.1) is 0 Å². The number of carbonyl (C=O) groups excluding carboxylic acids is 3. The second kappa shape index (κ2) is 13.2. The van der Waals surface area contributed by atoms with Crippen LogP contribution in [0.15, 0.2) is 119 Å². The summed E-state index contributed by atoms with van der Waals surface area (Å²) in [6.45, 7) is 3.84. The van der Waals surface area contributed by atoms with Gasteiger partial charge in [0, 0.05) is 18.0 Å². The third-order valence-electron chi connectivity index (χ3n) is 7.51. The molecule has 0 aliphatic carbocycles. The topological polar surface area (TPSA) is 88.8 Å². The fourth-order valence-corrected chi connectivity index (χ4v) is 5.40. The first-order valence-electron chi connectivity index (χ1n) is 14.2. The predicted octanol–water partition coefficient (Wildman–Crippen LogP) is 6.35. The van der Waals surface area contributed by atoms with Crippen LogP contribution in [0, 0.1) is 0 Å². The first kappa shape index (κ1) is 28.6. The minimum absolute atomic E-state index is 0.0918. The maximum atomic E-state index is 13.4. The van der Waals surface area contributed by atoms with E-state index in [1.807, 2.05) is 91.0 Å². The van der Waals surface area contributed by atoms with Crippen LogP contribution in [0.4, 0.5) is 0 Å². The molecule has 0 saturated heterocycles. The summed E-state index contributed by atoms with van der Waals surface area (Å²) in [5.41, 5.74) is 3.95. The van der Waals surface area contributed by atoms with Gasteiger partial charge < -0.3 is 19.4 Å². The van der Waals surface area contributed by atoms with E-state index in [2.05, 4.69) is 5.32 Å². The molecule has 0 fully saturated rings. The number of hydrogen-bond acceptors (Lipinski definition) is 5. The van der Waals surface area contributed by atoms with Crippen LogP contribution in [0.3, 0.4) is 0 Å². The molecule has 3 aromatic carbocycles. The summed E-state index contributed by atoms with van der Waals surface area (Å²) in [5.74, 6) is -0.729. The van der Waals surface area contributed by atoms with E-state index in [4.69, 9.17) is 9.15 Å². The molecule has 2 atom stereocenters. The molecule has 1 N–H and O–H groups in total. The van der Waals surface area contributed by atoms with Crippen molar-refractivity contribution in [1.29, 1.82) is 0 Å². The number of hydrogen-bond donors (Lipinski definition) is 1. The lowest BCUT2D eigenvalue weighted by molar-refractivity contribution is -0.140. The molecule has 4 aromatic rings. The molecule has 1 aliphatic rings. The highest BCUT2D eigenvalue weighted by Crippen LogP contribution is 2.37. The van der Waals surface area contributed by atoms with Crippen molar-refractivity contribution in [1.82, 2.24) is 10.2 Å². The van der Waals surface area contributed by atoms with Crippen LogP contribution in [0.25, 0.3) is 0 Å². The Morgan fingerprint density at radius 2 is 1.57 bits per heavy atom. The number of benzene rings is 3. The molecule has 2 unspecified atom stereocenters. The maximum absolute atomic E-state index is 13.4. The SMILES string of the molecule is CCOC(=O)C1=C(C)N(Cc2ccc(C(=O)NC(Cc3ccccc3)c3ccccc3)o2)C(=O)CC1c1ccccc1. The first-order valence-corrected chi connectivity index (χ1v) is 14.2.